The zero-order chi connectivity index (χ0) is 9.97. The lowest BCUT2D eigenvalue weighted by molar-refractivity contribution is -0.654. The Hall–Kier alpha value is -1.61. The Labute approximate surface area is 83.3 Å². The highest BCUT2D eigenvalue weighted by Gasteiger charge is 2.11. The average Bonchev–Trinajstić information content (AvgIpc) is 2.71. The molecule has 0 aromatic heterocycles. The van der Waals surface area contributed by atoms with Crippen molar-refractivity contribution in [3.8, 4) is 5.75 Å². The molecular formula is C11H13N2O+. The maximum atomic E-state index is 5.26. The fraction of sp³-hybridized carbons (Fsp3) is 0.182. The van der Waals surface area contributed by atoms with Crippen LogP contribution in [0.25, 0.3) is 0 Å². The van der Waals surface area contributed by atoms with Gasteiger partial charge in [0, 0.05) is 12.1 Å². The fourth-order valence-electron chi connectivity index (χ4n) is 1.46. The third kappa shape index (κ3) is 1.54. The summed E-state index contributed by atoms with van der Waals surface area (Å²) in [6.07, 6.45) is 5.63. The van der Waals surface area contributed by atoms with E-state index in [9.17, 15) is 0 Å². The van der Waals surface area contributed by atoms with Crippen LogP contribution in [0.1, 0.15) is 5.56 Å². The second-order valence-electron chi connectivity index (χ2n) is 3.23. The molecule has 1 atom stereocenters. The minimum Gasteiger partial charge on any atom is -0.496 e. The van der Waals surface area contributed by atoms with Crippen LogP contribution in [-0.2, 0) is 0 Å². The summed E-state index contributed by atoms with van der Waals surface area (Å²) in [6.45, 7) is 2.03. The van der Waals surface area contributed by atoms with Crippen LogP contribution in [0.4, 0.5) is 5.69 Å². The largest absolute Gasteiger partial charge is 0.496 e. The van der Waals surface area contributed by atoms with Gasteiger partial charge < -0.3 is 4.74 Å². The molecule has 3 heteroatoms. The van der Waals surface area contributed by atoms with Gasteiger partial charge in [-0.05, 0) is 18.6 Å². The van der Waals surface area contributed by atoms with E-state index < -0.39 is 0 Å². The molecule has 0 fully saturated rings. The molecule has 0 bridgehead atoms. The van der Waals surface area contributed by atoms with E-state index in [1.54, 1.807) is 13.3 Å². The number of quaternary nitrogens is 1. The predicted octanol–water partition coefficient (Wildman–Crippen LogP) is 1.03. The number of ether oxygens (including phenoxy) is 1. The van der Waals surface area contributed by atoms with Crippen molar-refractivity contribution in [2.75, 3.05) is 7.11 Å². The molecule has 0 spiro atoms. The summed E-state index contributed by atoms with van der Waals surface area (Å²) >= 11 is 0. The van der Waals surface area contributed by atoms with Crippen molar-refractivity contribution in [3.05, 3.63) is 36.2 Å². The molecule has 1 aromatic rings. The first kappa shape index (κ1) is 8.97. The Morgan fingerprint density at radius 1 is 1.36 bits per heavy atom. The Bertz CT molecular complexity index is 384. The van der Waals surface area contributed by atoms with Gasteiger partial charge in [-0.1, -0.05) is 0 Å². The van der Waals surface area contributed by atoms with Crippen LogP contribution in [0.5, 0.6) is 5.75 Å². The minimum atomic E-state index is 0.920. The number of nitrogens with one attached hydrogen (secondary N) is 1. The maximum absolute atomic E-state index is 5.26. The molecule has 2 rings (SSSR count). The third-order valence-corrected chi connectivity index (χ3v) is 2.30. The van der Waals surface area contributed by atoms with Crippen LogP contribution in [0.2, 0.25) is 0 Å². The number of aryl methyl sites for hydroxylation is 1. The van der Waals surface area contributed by atoms with E-state index >= 15 is 0 Å². The van der Waals surface area contributed by atoms with E-state index in [4.69, 9.17) is 4.74 Å². The first-order valence-electron chi connectivity index (χ1n) is 4.53. The zero-order valence-corrected chi connectivity index (χ0v) is 8.32. The van der Waals surface area contributed by atoms with Gasteiger partial charge >= 0.3 is 0 Å². The lowest BCUT2D eigenvalue weighted by Crippen LogP contribution is -3.00. The summed E-state index contributed by atoms with van der Waals surface area (Å²) in [6, 6.07) is 6.17. The Balaban J connectivity index is 2.35. The highest BCUT2D eigenvalue weighted by atomic mass is 16.5. The Morgan fingerprint density at radius 2 is 2.21 bits per heavy atom. The number of nitrogens with zero attached hydrogens (tertiary/aromatic N) is 1. The normalized spacial score (nSPS) is 18.9. The predicted molar refractivity (Wildman–Crippen MR) is 56.0 cm³/mol. The summed E-state index contributed by atoms with van der Waals surface area (Å²) in [5.41, 5.74) is 2.29. The van der Waals surface area contributed by atoms with Gasteiger partial charge in [-0.2, -0.15) is 0 Å². The quantitative estimate of drug-likeness (QED) is 0.739. The van der Waals surface area contributed by atoms with Crippen molar-refractivity contribution in [2.45, 2.75) is 6.92 Å². The molecule has 1 aromatic carbocycles. The number of hydrogen-bond donors (Lipinski definition) is 1. The second-order valence-corrected chi connectivity index (χ2v) is 3.23. The molecule has 0 amide bonds. The van der Waals surface area contributed by atoms with Crippen molar-refractivity contribution in [3.63, 3.8) is 0 Å². The van der Waals surface area contributed by atoms with Crippen molar-refractivity contribution in [1.29, 1.82) is 0 Å². The molecule has 1 unspecified atom stereocenters. The first-order chi connectivity index (χ1) is 6.81. The fourth-order valence-corrected chi connectivity index (χ4v) is 1.46. The van der Waals surface area contributed by atoms with Crippen LogP contribution in [-0.4, -0.2) is 13.4 Å². The second kappa shape index (κ2) is 3.64. The van der Waals surface area contributed by atoms with E-state index in [1.807, 2.05) is 25.5 Å². The average molecular weight is 189 g/mol. The lowest BCUT2D eigenvalue weighted by Gasteiger charge is -2.08. The topological polar surface area (TPSA) is 26.0 Å². The van der Waals surface area contributed by atoms with Gasteiger partial charge in [-0.3, -0.25) is 0 Å². The number of hydrogen-bond acceptors (Lipinski definition) is 2. The molecule has 3 nitrogen and oxygen atoms in total. The first-order valence-corrected chi connectivity index (χ1v) is 4.53. The van der Waals surface area contributed by atoms with Gasteiger partial charge in [-0.25, -0.2) is 9.89 Å². The van der Waals surface area contributed by atoms with E-state index in [0.29, 0.717) is 0 Å². The summed E-state index contributed by atoms with van der Waals surface area (Å²) < 4.78 is 5.26. The monoisotopic (exact) mass is 189 g/mol. The molecule has 0 aliphatic carbocycles. The van der Waals surface area contributed by atoms with E-state index in [2.05, 4.69) is 17.1 Å². The van der Waals surface area contributed by atoms with Crippen LogP contribution in [0, 0.1) is 6.92 Å². The summed E-state index contributed by atoms with van der Waals surface area (Å²) in [5, 5.41) is 0. The van der Waals surface area contributed by atoms with Gasteiger partial charge in [0.15, 0.2) is 6.34 Å². The molecule has 0 radical (unpaired) electrons. The number of benzene rings is 1. The Kier molecular flexibility index (Phi) is 2.33. The van der Waals surface area contributed by atoms with Crippen LogP contribution in [0.15, 0.2) is 35.6 Å². The van der Waals surface area contributed by atoms with Crippen molar-refractivity contribution < 1.29 is 9.64 Å². The van der Waals surface area contributed by atoms with Gasteiger partial charge in [0.2, 0.25) is 0 Å². The van der Waals surface area contributed by atoms with Crippen LogP contribution < -0.4 is 9.64 Å². The highest BCUT2D eigenvalue weighted by Crippen LogP contribution is 2.19. The summed E-state index contributed by atoms with van der Waals surface area (Å²) in [5.74, 6) is 0.920. The summed E-state index contributed by atoms with van der Waals surface area (Å²) in [4.78, 5) is 5.16. The number of methoxy groups -OCH3 is 1. The molecule has 1 heterocycles. The molecule has 1 aliphatic rings. The molecule has 1 aliphatic heterocycles. The number of rotatable bonds is 2. The number of aliphatic imine (C=N–C) groups is 1. The van der Waals surface area contributed by atoms with Crippen molar-refractivity contribution >= 4 is 12.0 Å². The van der Waals surface area contributed by atoms with Gasteiger partial charge in [0.1, 0.15) is 17.6 Å². The lowest BCUT2D eigenvalue weighted by atomic mass is 10.2. The SMILES string of the molecule is COc1cc([NH+]2C=CN=C2)ccc1C. The zero-order valence-electron chi connectivity index (χ0n) is 8.32. The van der Waals surface area contributed by atoms with Crippen molar-refractivity contribution in [2.24, 2.45) is 4.99 Å². The van der Waals surface area contributed by atoms with Crippen LogP contribution >= 0.6 is 0 Å². The third-order valence-electron chi connectivity index (χ3n) is 2.30. The molecule has 14 heavy (non-hydrogen) atoms. The standard InChI is InChI=1S/C11H12N2O/c1-9-3-4-10(7-11(9)14-2)13-6-5-12-8-13/h3-8H,1-2H3/p+1. The molecular weight excluding hydrogens is 176 g/mol. The van der Waals surface area contributed by atoms with Crippen LogP contribution in [0.3, 0.4) is 0 Å². The Morgan fingerprint density at radius 3 is 2.86 bits per heavy atom. The van der Waals surface area contributed by atoms with E-state index in [-0.39, 0.29) is 0 Å². The van der Waals surface area contributed by atoms with Gasteiger partial charge in [0.25, 0.3) is 0 Å². The van der Waals surface area contributed by atoms with Crippen molar-refractivity contribution in [1.82, 2.24) is 0 Å². The molecule has 72 valence electrons. The van der Waals surface area contributed by atoms with Gasteiger partial charge in [-0.15, -0.1) is 0 Å². The molecule has 0 saturated heterocycles. The molecule has 1 N–H and O–H groups in total. The van der Waals surface area contributed by atoms with E-state index in [1.165, 1.54) is 0 Å². The van der Waals surface area contributed by atoms with Gasteiger partial charge in [0.05, 0.1) is 13.3 Å². The molecule has 0 saturated carbocycles. The smallest absolute Gasteiger partial charge is 0.198 e. The van der Waals surface area contributed by atoms with E-state index in [0.717, 1.165) is 21.9 Å². The summed E-state index contributed by atoms with van der Waals surface area (Å²) in [7, 11) is 1.69. The maximum Gasteiger partial charge on any atom is 0.198 e. The minimum absolute atomic E-state index is 0.920. The highest BCUT2D eigenvalue weighted by molar-refractivity contribution is 5.55.